The van der Waals surface area contributed by atoms with Gasteiger partial charge < -0.3 is 10.4 Å². The summed E-state index contributed by atoms with van der Waals surface area (Å²) in [4.78, 5) is 0. The van der Waals surface area contributed by atoms with E-state index in [-0.39, 0.29) is 11.8 Å². The molecule has 0 radical (unpaired) electrons. The van der Waals surface area contributed by atoms with Crippen LogP contribution in [0.15, 0.2) is 42.5 Å². The van der Waals surface area contributed by atoms with Gasteiger partial charge in [0.05, 0.1) is 5.02 Å². The summed E-state index contributed by atoms with van der Waals surface area (Å²) in [5, 5.41) is 13.9. The van der Waals surface area contributed by atoms with Crippen molar-refractivity contribution >= 4 is 23.2 Å². The lowest BCUT2D eigenvalue weighted by Gasteiger charge is -2.16. The van der Waals surface area contributed by atoms with Crippen molar-refractivity contribution in [2.24, 2.45) is 0 Å². The highest BCUT2D eigenvalue weighted by Gasteiger charge is 2.08. The standard InChI is InChI=1S/C15H15Cl2NO/c1-10(12-4-2-3-5-13(12)16)18-9-11-6-7-15(19)14(17)8-11/h2-8,10,18-19H,9H2,1H3. The van der Waals surface area contributed by atoms with Crippen molar-refractivity contribution in [2.45, 2.75) is 19.5 Å². The molecule has 2 aromatic rings. The molecule has 0 saturated heterocycles. The van der Waals surface area contributed by atoms with Crippen LogP contribution in [0.3, 0.4) is 0 Å². The van der Waals surface area contributed by atoms with Crippen LogP contribution in [0, 0.1) is 0 Å². The van der Waals surface area contributed by atoms with Crippen molar-refractivity contribution in [3.05, 3.63) is 63.6 Å². The van der Waals surface area contributed by atoms with Gasteiger partial charge in [-0.2, -0.15) is 0 Å². The van der Waals surface area contributed by atoms with Gasteiger partial charge in [0, 0.05) is 17.6 Å². The molecule has 2 N–H and O–H groups in total. The Balaban J connectivity index is 2.02. The van der Waals surface area contributed by atoms with Crippen LogP contribution in [-0.2, 0) is 6.54 Å². The molecule has 2 rings (SSSR count). The molecule has 0 aliphatic carbocycles. The predicted molar refractivity (Wildman–Crippen MR) is 79.8 cm³/mol. The van der Waals surface area contributed by atoms with Gasteiger partial charge in [-0.25, -0.2) is 0 Å². The molecule has 0 spiro atoms. The number of rotatable bonds is 4. The van der Waals surface area contributed by atoms with E-state index in [9.17, 15) is 5.11 Å². The zero-order valence-corrected chi connectivity index (χ0v) is 12.0. The Labute approximate surface area is 123 Å². The van der Waals surface area contributed by atoms with E-state index in [0.29, 0.717) is 11.6 Å². The second-order valence-corrected chi connectivity index (χ2v) is 5.22. The molecule has 1 atom stereocenters. The highest BCUT2D eigenvalue weighted by Crippen LogP contribution is 2.25. The molecule has 0 fully saturated rings. The van der Waals surface area contributed by atoms with Crippen LogP contribution in [0.25, 0.3) is 0 Å². The predicted octanol–water partition coefficient (Wildman–Crippen LogP) is 4.55. The molecule has 2 nitrogen and oxygen atoms in total. The molecule has 0 aliphatic heterocycles. The molecule has 100 valence electrons. The van der Waals surface area contributed by atoms with E-state index in [4.69, 9.17) is 23.2 Å². The SMILES string of the molecule is CC(NCc1ccc(O)c(Cl)c1)c1ccccc1Cl. The fourth-order valence-corrected chi connectivity index (χ4v) is 2.37. The number of benzene rings is 2. The summed E-state index contributed by atoms with van der Waals surface area (Å²) in [7, 11) is 0. The second-order valence-electron chi connectivity index (χ2n) is 4.41. The maximum atomic E-state index is 9.37. The largest absolute Gasteiger partial charge is 0.506 e. The van der Waals surface area contributed by atoms with Crippen molar-refractivity contribution in [3.63, 3.8) is 0 Å². The number of hydrogen-bond donors (Lipinski definition) is 2. The molecule has 1 unspecified atom stereocenters. The third-order valence-corrected chi connectivity index (χ3v) is 3.64. The highest BCUT2D eigenvalue weighted by molar-refractivity contribution is 6.32. The summed E-state index contributed by atoms with van der Waals surface area (Å²) in [6.45, 7) is 2.72. The van der Waals surface area contributed by atoms with Crippen molar-refractivity contribution in [1.29, 1.82) is 0 Å². The minimum Gasteiger partial charge on any atom is -0.506 e. The zero-order valence-electron chi connectivity index (χ0n) is 10.5. The van der Waals surface area contributed by atoms with E-state index in [1.54, 1.807) is 12.1 Å². The number of hydrogen-bond acceptors (Lipinski definition) is 2. The van der Waals surface area contributed by atoms with E-state index in [1.165, 1.54) is 0 Å². The molecule has 0 aliphatic rings. The lowest BCUT2D eigenvalue weighted by molar-refractivity contribution is 0.475. The van der Waals surface area contributed by atoms with Gasteiger partial charge in [0.2, 0.25) is 0 Å². The van der Waals surface area contributed by atoms with Gasteiger partial charge in [-0.1, -0.05) is 47.5 Å². The van der Waals surface area contributed by atoms with Gasteiger partial charge in [-0.05, 0) is 36.2 Å². The Bertz CT molecular complexity index is 572. The van der Waals surface area contributed by atoms with Crippen LogP contribution in [0.5, 0.6) is 5.75 Å². The van der Waals surface area contributed by atoms with Crippen LogP contribution in [0.2, 0.25) is 10.0 Å². The van der Waals surface area contributed by atoms with Crippen LogP contribution >= 0.6 is 23.2 Å². The smallest absolute Gasteiger partial charge is 0.134 e. The summed E-state index contributed by atoms with van der Waals surface area (Å²) in [6.07, 6.45) is 0. The summed E-state index contributed by atoms with van der Waals surface area (Å²) < 4.78 is 0. The maximum Gasteiger partial charge on any atom is 0.134 e. The Hall–Kier alpha value is -1.22. The van der Waals surface area contributed by atoms with Gasteiger partial charge in [0.15, 0.2) is 0 Å². The molecule has 19 heavy (non-hydrogen) atoms. The zero-order chi connectivity index (χ0) is 13.8. The first kappa shape index (κ1) is 14.2. The normalized spacial score (nSPS) is 12.4. The Morgan fingerprint density at radius 1 is 1.11 bits per heavy atom. The molecule has 0 aromatic heterocycles. The number of aromatic hydroxyl groups is 1. The lowest BCUT2D eigenvalue weighted by atomic mass is 10.1. The van der Waals surface area contributed by atoms with Gasteiger partial charge in [-0.3, -0.25) is 0 Å². The summed E-state index contributed by atoms with van der Waals surface area (Å²) in [5.41, 5.74) is 2.08. The molecule has 0 heterocycles. The average molecular weight is 296 g/mol. The van der Waals surface area contributed by atoms with Crippen molar-refractivity contribution in [2.75, 3.05) is 0 Å². The van der Waals surface area contributed by atoms with Crippen molar-refractivity contribution in [3.8, 4) is 5.75 Å². The Kier molecular flexibility index (Phi) is 4.70. The summed E-state index contributed by atoms with van der Waals surface area (Å²) in [6, 6.07) is 13.1. The van der Waals surface area contributed by atoms with Crippen LogP contribution in [0.1, 0.15) is 24.1 Å². The first-order chi connectivity index (χ1) is 9.08. The van der Waals surface area contributed by atoms with Crippen LogP contribution < -0.4 is 5.32 Å². The third kappa shape index (κ3) is 3.63. The molecule has 2 aromatic carbocycles. The number of nitrogens with one attached hydrogen (secondary N) is 1. The molecule has 0 saturated carbocycles. The lowest BCUT2D eigenvalue weighted by Crippen LogP contribution is -2.18. The number of phenols is 1. The average Bonchev–Trinajstić information content (AvgIpc) is 2.40. The van der Waals surface area contributed by atoms with E-state index >= 15 is 0 Å². The molecule has 4 heteroatoms. The first-order valence-corrected chi connectivity index (χ1v) is 6.78. The van der Waals surface area contributed by atoms with Gasteiger partial charge >= 0.3 is 0 Å². The Morgan fingerprint density at radius 3 is 2.53 bits per heavy atom. The quantitative estimate of drug-likeness (QED) is 0.867. The van der Waals surface area contributed by atoms with Crippen LogP contribution in [-0.4, -0.2) is 5.11 Å². The summed E-state index contributed by atoms with van der Waals surface area (Å²) in [5.74, 6) is 0.101. The van der Waals surface area contributed by atoms with Crippen molar-refractivity contribution < 1.29 is 5.11 Å². The summed E-state index contributed by atoms with van der Waals surface area (Å²) >= 11 is 12.0. The molecular weight excluding hydrogens is 281 g/mol. The van der Waals surface area contributed by atoms with E-state index < -0.39 is 0 Å². The van der Waals surface area contributed by atoms with Crippen LogP contribution in [0.4, 0.5) is 0 Å². The van der Waals surface area contributed by atoms with E-state index in [0.717, 1.165) is 16.1 Å². The monoisotopic (exact) mass is 295 g/mol. The highest BCUT2D eigenvalue weighted by atomic mass is 35.5. The number of halogens is 2. The number of phenolic OH excluding ortho intramolecular Hbond substituents is 1. The van der Waals surface area contributed by atoms with Crippen molar-refractivity contribution in [1.82, 2.24) is 5.32 Å². The fraction of sp³-hybridized carbons (Fsp3) is 0.200. The maximum absolute atomic E-state index is 9.37. The van der Waals surface area contributed by atoms with Gasteiger partial charge in [-0.15, -0.1) is 0 Å². The van der Waals surface area contributed by atoms with Gasteiger partial charge in [0.1, 0.15) is 5.75 Å². The molecule has 0 bridgehead atoms. The third-order valence-electron chi connectivity index (χ3n) is 3.00. The van der Waals surface area contributed by atoms with E-state index in [1.807, 2.05) is 30.3 Å². The minimum absolute atomic E-state index is 0.101. The first-order valence-electron chi connectivity index (χ1n) is 6.03. The van der Waals surface area contributed by atoms with Gasteiger partial charge in [0.25, 0.3) is 0 Å². The topological polar surface area (TPSA) is 32.3 Å². The molecule has 0 amide bonds. The molecular formula is C15H15Cl2NO. The Morgan fingerprint density at radius 2 is 1.84 bits per heavy atom. The fourth-order valence-electron chi connectivity index (χ4n) is 1.87. The minimum atomic E-state index is 0.101. The van der Waals surface area contributed by atoms with E-state index in [2.05, 4.69) is 12.2 Å². The second kappa shape index (κ2) is 6.29.